The first-order chi connectivity index (χ1) is 13.7. The van der Waals surface area contributed by atoms with E-state index in [4.69, 9.17) is 4.74 Å². The average Bonchev–Trinajstić information content (AvgIpc) is 3.20. The number of aromatic nitrogens is 4. The van der Waals surface area contributed by atoms with Crippen LogP contribution >= 0.6 is 0 Å². The molecular formula is C20H30N6O2. The summed E-state index contributed by atoms with van der Waals surface area (Å²) in [5, 5.41) is 10.7. The van der Waals surface area contributed by atoms with Crippen LogP contribution in [0.3, 0.4) is 0 Å². The fourth-order valence-electron chi connectivity index (χ4n) is 3.55. The molecule has 0 spiro atoms. The second kappa shape index (κ2) is 10.2. The minimum absolute atomic E-state index is 0.0151. The van der Waals surface area contributed by atoms with E-state index in [0.717, 1.165) is 38.0 Å². The SMILES string of the molecule is CCCO[C@@H]1CC[C@H](C(=O)NCc2cnn(CC)c2)C[C@H]1Nc1ncccn1. The highest BCUT2D eigenvalue weighted by atomic mass is 16.5. The lowest BCUT2D eigenvalue weighted by Crippen LogP contribution is -2.45. The number of amides is 1. The molecule has 1 aliphatic rings. The molecule has 3 rings (SSSR count). The molecule has 0 bridgehead atoms. The number of carbonyl (C=O) groups excluding carboxylic acids is 1. The highest BCUT2D eigenvalue weighted by molar-refractivity contribution is 5.78. The molecule has 1 amide bonds. The molecule has 0 radical (unpaired) electrons. The molecule has 2 aromatic rings. The molecule has 28 heavy (non-hydrogen) atoms. The first-order valence-corrected chi connectivity index (χ1v) is 10.1. The monoisotopic (exact) mass is 386 g/mol. The van der Waals surface area contributed by atoms with E-state index in [1.807, 2.05) is 17.8 Å². The number of nitrogens with zero attached hydrogens (tertiary/aromatic N) is 4. The van der Waals surface area contributed by atoms with E-state index >= 15 is 0 Å². The topological polar surface area (TPSA) is 94.0 Å². The van der Waals surface area contributed by atoms with E-state index in [1.165, 1.54) is 0 Å². The molecule has 0 aliphatic heterocycles. The van der Waals surface area contributed by atoms with Gasteiger partial charge in [-0.2, -0.15) is 5.10 Å². The van der Waals surface area contributed by atoms with Gasteiger partial charge in [0.2, 0.25) is 11.9 Å². The smallest absolute Gasteiger partial charge is 0.223 e. The third-order valence-corrected chi connectivity index (χ3v) is 5.05. The van der Waals surface area contributed by atoms with Gasteiger partial charge in [0.15, 0.2) is 0 Å². The van der Waals surface area contributed by atoms with Gasteiger partial charge in [-0.15, -0.1) is 0 Å². The Morgan fingerprint density at radius 1 is 1.29 bits per heavy atom. The summed E-state index contributed by atoms with van der Waals surface area (Å²) in [7, 11) is 0. The summed E-state index contributed by atoms with van der Waals surface area (Å²) in [5.74, 6) is 0.605. The van der Waals surface area contributed by atoms with Crippen LogP contribution in [-0.2, 0) is 22.6 Å². The lowest BCUT2D eigenvalue weighted by molar-refractivity contribution is -0.127. The molecule has 8 nitrogen and oxygen atoms in total. The minimum atomic E-state index is -0.0519. The van der Waals surface area contributed by atoms with Gasteiger partial charge in [0, 0.05) is 49.8 Å². The Labute approximate surface area is 166 Å². The summed E-state index contributed by atoms with van der Waals surface area (Å²) in [6.45, 7) is 6.19. The number of nitrogens with one attached hydrogen (secondary N) is 2. The van der Waals surface area contributed by atoms with Crippen LogP contribution in [0.25, 0.3) is 0 Å². The van der Waals surface area contributed by atoms with Crippen LogP contribution in [0.5, 0.6) is 0 Å². The van der Waals surface area contributed by atoms with Crippen molar-refractivity contribution < 1.29 is 9.53 Å². The maximum absolute atomic E-state index is 12.7. The summed E-state index contributed by atoms with van der Waals surface area (Å²) in [4.78, 5) is 21.2. The number of hydrogen-bond donors (Lipinski definition) is 2. The standard InChI is InChI=1S/C20H30N6O2/c1-3-10-28-18-7-6-16(11-17(18)25-20-21-8-5-9-22-20)19(27)23-12-15-13-24-26(4-2)14-15/h5,8-9,13-14,16-18H,3-4,6-7,10-12H2,1-2H3,(H,23,27)(H,21,22,25)/t16-,17+,18+/m0/s1. The third kappa shape index (κ3) is 5.51. The van der Waals surface area contributed by atoms with E-state index in [0.29, 0.717) is 18.9 Å². The zero-order chi connectivity index (χ0) is 19.8. The van der Waals surface area contributed by atoms with Crippen LogP contribution in [0.2, 0.25) is 0 Å². The van der Waals surface area contributed by atoms with Gasteiger partial charge >= 0.3 is 0 Å². The van der Waals surface area contributed by atoms with Gasteiger partial charge in [-0.1, -0.05) is 6.92 Å². The van der Waals surface area contributed by atoms with E-state index in [-0.39, 0.29) is 24.0 Å². The van der Waals surface area contributed by atoms with Crippen LogP contribution < -0.4 is 10.6 Å². The Bertz CT molecular complexity index is 735. The number of rotatable bonds is 9. The second-order valence-corrected chi connectivity index (χ2v) is 7.16. The van der Waals surface area contributed by atoms with Crippen LogP contribution in [0, 0.1) is 5.92 Å². The zero-order valence-corrected chi connectivity index (χ0v) is 16.7. The lowest BCUT2D eigenvalue weighted by atomic mass is 9.83. The lowest BCUT2D eigenvalue weighted by Gasteiger charge is -2.35. The van der Waals surface area contributed by atoms with Crippen molar-refractivity contribution in [1.82, 2.24) is 25.1 Å². The Morgan fingerprint density at radius 3 is 2.82 bits per heavy atom. The van der Waals surface area contributed by atoms with Crippen LogP contribution in [0.4, 0.5) is 5.95 Å². The summed E-state index contributed by atoms with van der Waals surface area (Å²) in [6.07, 6.45) is 10.6. The maximum atomic E-state index is 12.7. The quantitative estimate of drug-likeness (QED) is 0.687. The minimum Gasteiger partial charge on any atom is -0.376 e. The maximum Gasteiger partial charge on any atom is 0.223 e. The fraction of sp³-hybridized carbons (Fsp3) is 0.600. The molecule has 2 heterocycles. The second-order valence-electron chi connectivity index (χ2n) is 7.16. The molecule has 0 saturated heterocycles. The molecule has 3 atom stereocenters. The molecular weight excluding hydrogens is 356 g/mol. The summed E-state index contributed by atoms with van der Waals surface area (Å²) < 4.78 is 7.89. The fourth-order valence-corrected chi connectivity index (χ4v) is 3.55. The highest BCUT2D eigenvalue weighted by Crippen LogP contribution is 2.29. The predicted octanol–water partition coefficient (Wildman–Crippen LogP) is 2.39. The van der Waals surface area contributed by atoms with Crippen molar-refractivity contribution in [3.8, 4) is 0 Å². The number of aryl methyl sites for hydroxylation is 1. The molecule has 1 aliphatic carbocycles. The summed E-state index contributed by atoms with van der Waals surface area (Å²) >= 11 is 0. The summed E-state index contributed by atoms with van der Waals surface area (Å²) in [6, 6.07) is 1.80. The molecule has 0 unspecified atom stereocenters. The first kappa shape index (κ1) is 20.3. The number of ether oxygens (including phenoxy) is 1. The number of carbonyl (C=O) groups is 1. The van der Waals surface area contributed by atoms with E-state index in [9.17, 15) is 4.79 Å². The molecule has 0 aromatic carbocycles. The molecule has 2 N–H and O–H groups in total. The van der Waals surface area contributed by atoms with Gasteiger partial charge in [-0.05, 0) is 38.7 Å². The van der Waals surface area contributed by atoms with Crippen molar-refractivity contribution in [2.75, 3.05) is 11.9 Å². The Hall–Kier alpha value is -2.48. The van der Waals surface area contributed by atoms with Gasteiger partial charge in [0.1, 0.15) is 0 Å². The Balaban J connectivity index is 1.58. The largest absolute Gasteiger partial charge is 0.376 e. The first-order valence-electron chi connectivity index (χ1n) is 10.1. The Kier molecular flexibility index (Phi) is 7.36. The van der Waals surface area contributed by atoms with Gasteiger partial charge < -0.3 is 15.4 Å². The van der Waals surface area contributed by atoms with Crippen molar-refractivity contribution in [1.29, 1.82) is 0 Å². The van der Waals surface area contributed by atoms with E-state index < -0.39 is 0 Å². The zero-order valence-electron chi connectivity index (χ0n) is 16.7. The molecule has 1 fully saturated rings. The molecule has 1 saturated carbocycles. The van der Waals surface area contributed by atoms with E-state index in [2.05, 4.69) is 32.6 Å². The van der Waals surface area contributed by atoms with E-state index in [1.54, 1.807) is 24.7 Å². The number of anilines is 1. The van der Waals surface area contributed by atoms with Gasteiger partial charge in [0.25, 0.3) is 0 Å². The van der Waals surface area contributed by atoms with Crippen molar-refractivity contribution in [2.24, 2.45) is 5.92 Å². The average molecular weight is 387 g/mol. The van der Waals surface area contributed by atoms with Crippen molar-refractivity contribution in [3.63, 3.8) is 0 Å². The van der Waals surface area contributed by atoms with Crippen molar-refractivity contribution in [2.45, 2.75) is 64.8 Å². The van der Waals surface area contributed by atoms with Gasteiger partial charge in [-0.3, -0.25) is 9.48 Å². The van der Waals surface area contributed by atoms with Crippen molar-refractivity contribution in [3.05, 3.63) is 36.4 Å². The van der Waals surface area contributed by atoms with Crippen molar-refractivity contribution >= 4 is 11.9 Å². The van der Waals surface area contributed by atoms with Crippen LogP contribution in [-0.4, -0.2) is 44.4 Å². The summed E-state index contributed by atoms with van der Waals surface area (Å²) in [5.41, 5.74) is 1.02. The normalized spacial score (nSPS) is 22.0. The number of hydrogen-bond acceptors (Lipinski definition) is 6. The van der Waals surface area contributed by atoms with Gasteiger partial charge in [-0.25, -0.2) is 9.97 Å². The molecule has 152 valence electrons. The Morgan fingerprint density at radius 2 is 2.11 bits per heavy atom. The third-order valence-electron chi connectivity index (χ3n) is 5.05. The predicted molar refractivity (Wildman–Crippen MR) is 107 cm³/mol. The van der Waals surface area contributed by atoms with Crippen LogP contribution in [0.1, 0.15) is 45.1 Å². The highest BCUT2D eigenvalue weighted by Gasteiger charge is 2.34. The van der Waals surface area contributed by atoms with Crippen LogP contribution in [0.15, 0.2) is 30.9 Å². The molecule has 8 heteroatoms. The molecule has 2 aromatic heterocycles. The van der Waals surface area contributed by atoms with Gasteiger partial charge in [0.05, 0.1) is 18.3 Å².